The molecule has 0 aromatic heterocycles. The van der Waals surface area contributed by atoms with Gasteiger partial charge in [0.25, 0.3) is 0 Å². The molecule has 5 nitrogen and oxygen atoms in total. The molecule has 0 fully saturated rings. The number of phenols is 1. The van der Waals surface area contributed by atoms with E-state index in [0.717, 1.165) is 60.6 Å². The zero-order chi connectivity index (χ0) is 37.2. The maximum Gasteiger partial charge on any atom is 0.339 e. The lowest BCUT2D eigenvalue weighted by atomic mass is 9.86. The second-order valence-electron chi connectivity index (χ2n) is 14.3. The number of carbonyl (C=O) groups excluding carboxylic acids is 2. The van der Waals surface area contributed by atoms with Crippen molar-refractivity contribution in [3.8, 4) is 11.5 Å². The minimum Gasteiger partial charge on any atom is -0.508 e. The SMILES string of the molecule is CC1C(=O)Oc2ccccc2C1C.CCC(C)c1ccc(O)cc1.CCC(C)c1cccc2c(C(=O)OC3CCCCc4ccccc43)cccc12. The van der Waals surface area contributed by atoms with Crippen LogP contribution in [0.4, 0.5) is 0 Å². The fraction of sp³-hybridized carbons (Fsp3) is 0.362. The highest BCUT2D eigenvalue weighted by molar-refractivity contribution is 6.05. The van der Waals surface area contributed by atoms with E-state index in [2.05, 4.69) is 71.0 Å². The first-order valence-electron chi connectivity index (χ1n) is 19.0. The van der Waals surface area contributed by atoms with Gasteiger partial charge in [-0.2, -0.15) is 0 Å². The number of hydrogen-bond donors (Lipinski definition) is 1. The third kappa shape index (κ3) is 9.11. The fourth-order valence-corrected chi connectivity index (χ4v) is 7.02. The molecular weight excluding hydrogens is 645 g/mol. The van der Waals surface area contributed by atoms with Crippen molar-refractivity contribution in [1.29, 1.82) is 0 Å². The Morgan fingerprint density at radius 1 is 0.750 bits per heavy atom. The first kappa shape index (κ1) is 38.3. The number of aromatic hydroxyl groups is 1. The standard InChI is InChI=1S/C26H28O2.C11H12O2.C10H14O/c1-3-18(2)20-13-8-15-23-22(20)14-9-16-24(23)26(27)28-25-17-7-5-11-19-10-4-6-12-21(19)25;1-7-8(2)11(12)13-10-6-4-3-5-9(7)10;1-3-8(2)9-4-6-10(11)7-5-9/h4,6,8-10,12-16,18,25H,3,5,7,11,17H2,1-2H3;3-8H,1-2H3;4-8,11H,3H2,1-2H3. The molecule has 0 bridgehead atoms. The Kier molecular flexibility index (Phi) is 13.3. The summed E-state index contributed by atoms with van der Waals surface area (Å²) in [6.45, 7) is 12.8. The highest BCUT2D eigenvalue weighted by Crippen LogP contribution is 2.37. The van der Waals surface area contributed by atoms with E-state index in [1.165, 1.54) is 22.3 Å². The number of carbonyl (C=O) groups is 2. The maximum atomic E-state index is 13.2. The smallest absolute Gasteiger partial charge is 0.339 e. The number of aryl methyl sites for hydroxylation is 1. The molecule has 272 valence electrons. The summed E-state index contributed by atoms with van der Waals surface area (Å²) in [6, 6.07) is 35.8. The molecule has 5 heteroatoms. The van der Waals surface area contributed by atoms with Crippen LogP contribution in [0, 0.1) is 5.92 Å². The van der Waals surface area contributed by atoms with Crippen LogP contribution < -0.4 is 4.74 Å². The van der Waals surface area contributed by atoms with E-state index in [4.69, 9.17) is 14.6 Å². The number of fused-ring (bicyclic) bond motifs is 3. The number of rotatable bonds is 6. The summed E-state index contributed by atoms with van der Waals surface area (Å²) in [5.41, 5.74) is 6.89. The van der Waals surface area contributed by atoms with Crippen LogP contribution in [0.5, 0.6) is 11.5 Å². The molecular formula is C47H54O5. The Morgan fingerprint density at radius 2 is 1.40 bits per heavy atom. The van der Waals surface area contributed by atoms with Gasteiger partial charge in [0, 0.05) is 0 Å². The van der Waals surface area contributed by atoms with Crippen molar-refractivity contribution in [2.45, 2.75) is 104 Å². The van der Waals surface area contributed by atoms with E-state index < -0.39 is 0 Å². The van der Waals surface area contributed by atoms with Crippen LogP contribution in [0.3, 0.4) is 0 Å². The molecule has 1 aliphatic heterocycles. The lowest BCUT2D eigenvalue weighted by Gasteiger charge is -2.26. The Hall–Kier alpha value is -4.90. The van der Waals surface area contributed by atoms with Gasteiger partial charge in [-0.3, -0.25) is 4.79 Å². The van der Waals surface area contributed by atoms with Gasteiger partial charge in [-0.1, -0.05) is 126 Å². The molecule has 1 aliphatic carbocycles. The Morgan fingerprint density at radius 3 is 2.13 bits per heavy atom. The van der Waals surface area contributed by atoms with Crippen molar-refractivity contribution >= 4 is 22.7 Å². The summed E-state index contributed by atoms with van der Waals surface area (Å²) in [5.74, 6) is 2.02. The Bertz CT molecular complexity index is 1940. The van der Waals surface area contributed by atoms with Crippen molar-refractivity contribution in [1.82, 2.24) is 0 Å². The quantitative estimate of drug-likeness (QED) is 0.109. The van der Waals surface area contributed by atoms with Crippen molar-refractivity contribution in [2.75, 3.05) is 0 Å². The van der Waals surface area contributed by atoms with E-state index in [-0.39, 0.29) is 29.9 Å². The van der Waals surface area contributed by atoms with Crippen LogP contribution in [0.2, 0.25) is 0 Å². The van der Waals surface area contributed by atoms with E-state index >= 15 is 0 Å². The second-order valence-corrected chi connectivity index (χ2v) is 14.3. The lowest BCUT2D eigenvalue weighted by molar-refractivity contribution is -0.140. The van der Waals surface area contributed by atoms with Gasteiger partial charge in [-0.15, -0.1) is 0 Å². The summed E-state index contributed by atoms with van der Waals surface area (Å²) in [4.78, 5) is 24.5. The van der Waals surface area contributed by atoms with Crippen LogP contribution in [-0.4, -0.2) is 17.0 Å². The van der Waals surface area contributed by atoms with E-state index in [1.807, 2.05) is 67.6 Å². The van der Waals surface area contributed by atoms with E-state index in [0.29, 0.717) is 23.1 Å². The van der Waals surface area contributed by atoms with Crippen LogP contribution in [0.15, 0.2) is 109 Å². The van der Waals surface area contributed by atoms with Crippen molar-refractivity contribution in [3.63, 3.8) is 0 Å². The summed E-state index contributed by atoms with van der Waals surface area (Å²) in [7, 11) is 0. The largest absolute Gasteiger partial charge is 0.508 e. The summed E-state index contributed by atoms with van der Waals surface area (Å²) >= 11 is 0. The molecule has 0 saturated carbocycles. The summed E-state index contributed by atoms with van der Waals surface area (Å²) < 4.78 is 11.3. The van der Waals surface area contributed by atoms with Gasteiger partial charge in [-0.05, 0) is 119 Å². The first-order valence-corrected chi connectivity index (χ1v) is 19.0. The van der Waals surface area contributed by atoms with E-state index in [1.54, 1.807) is 12.1 Å². The molecule has 2 aliphatic rings. The molecule has 1 N–H and O–H groups in total. The molecule has 1 heterocycles. The van der Waals surface area contributed by atoms with E-state index in [9.17, 15) is 9.59 Å². The normalized spacial score (nSPS) is 18.8. The van der Waals surface area contributed by atoms with Gasteiger partial charge < -0.3 is 14.6 Å². The molecule has 0 spiro atoms. The average molecular weight is 699 g/mol. The number of para-hydroxylation sites is 1. The zero-order valence-corrected chi connectivity index (χ0v) is 31.6. The number of hydrogen-bond acceptors (Lipinski definition) is 5. The topological polar surface area (TPSA) is 72.8 Å². The number of phenolic OH excluding ortho intramolecular Hbond substituents is 1. The molecule has 7 rings (SSSR count). The minimum atomic E-state index is -0.214. The highest BCUT2D eigenvalue weighted by Gasteiger charge is 2.31. The molecule has 52 heavy (non-hydrogen) atoms. The predicted molar refractivity (Wildman–Crippen MR) is 211 cm³/mol. The van der Waals surface area contributed by atoms with Crippen LogP contribution in [-0.2, 0) is 16.0 Å². The number of ether oxygens (including phenoxy) is 2. The second kappa shape index (κ2) is 18.0. The third-order valence-electron chi connectivity index (χ3n) is 10.9. The van der Waals surface area contributed by atoms with Crippen LogP contribution >= 0.6 is 0 Å². The Labute approximate surface area is 310 Å². The first-order chi connectivity index (χ1) is 25.1. The molecule has 5 unspecified atom stereocenters. The van der Waals surface area contributed by atoms with Crippen molar-refractivity contribution in [3.05, 3.63) is 143 Å². The number of benzene rings is 5. The molecule has 0 radical (unpaired) electrons. The zero-order valence-electron chi connectivity index (χ0n) is 31.6. The van der Waals surface area contributed by atoms with Gasteiger partial charge in [-0.25, -0.2) is 4.79 Å². The lowest BCUT2D eigenvalue weighted by Crippen LogP contribution is -2.27. The van der Waals surface area contributed by atoms with Crippen LogP contribution in [0.1, 0.15) is 136 Å². The molecule has 0 saturated heterocycles. The van der Waals surface area contributed by atoms with Crippen molar-refractivity contribution < 1.29 is 24.2 Å². The third-order valence-corrected chi connectivity index (χ3v) is 10.9. The molecule has 0 amide bonds. The molecule has 5 atom stereocenters. The van der Waals surface area contributed by atoms with Gasteiger partial charge in [0.15, 0.2) is 0 Å². The van der Waals surface area contributed by atoms with Crippen molar-refractivity contribution in [2.24, 2.45) is 5.92 Å². The fourth-order valence-electron chi connectivity index (χ4n) is 7.02. The van der Waals surface area contributed by atoms with Gasteiger partial charge in [0.2, 0.25) is 0 Å². The summed E-state index contributed by atoms with van der Waals surface area (Å²) in [5, 5.41) is 11.2. The maximum absolute atomic E-state index is 13.2. The average Bonchev–Trinajstić information content (AvgIpc) is 3.38. The molecule has 5 aromatic rings. The summed E-state index contributed by atoms with van der Waals surface area (Å²) in [6.07, 6.45) is 6.26. The van der Waals surface area contributed by atoms with Gasteiger partial charge in [0.1, 0.15) is 17.6 Å². The van der Waals surface area contributed by atoms with Gasteiger partial charge >= 0.3 is 11.9 Å². The monoisotopic (exact) mass is 698 g/mol. The number of esters is 2. The van der Waals surface area contributed by atoms with Gasteiger partial charge in [0.05, 0.1) is 11.5 Å². The highest BCUT2D eigenvalue weighted by atomic mass is 16.5. The Balaban J connectivity index is 0.000000179. The van der Waals surface area contributed by atoms with Crippen LogP contribution in [0.25, 0.3) is 10.8 Å². The predicted octanol–water partition coefficient (Wildman–Crippen LogP) is 12.2. The minimum absolute atomic E-state index is 0.0325. The molecule has 5 aromatic carbocycles.